The molecule has 184 valence electrons. The van der Waals surface area contributed by atoms with Crippen LogP contribution in [-0.2, 0) is 16.1 Å². The van der Waals surface area contributed by atoms with Crippen LogP contribution in [-0.4, -0.2) is 48.9 Å². The van der Waals surface area contributed by atoms with Crippen molar-refractivity contribution in [3.8, 4) is 0 Å². The molecule has 2 N–H and O–H groups in total. The lowest BCUT2D eigenvalue weighted by atomic mass is 10.0. The Kier molecular flexibility index (Phi) is 8.09. The number of thiophene rings is 1. The van der Waals surface area contributed by atoms with Crippen LogP contribution < -0.4 is 15.5 Å². The number of carbonyl (C=O) groups is 2. The standard InChI is InChI=1S/C26H28F2N4O2S/c1-18(30-26(34)25(33)29-17-19-8-10-20(27)11-9-19)24(23-7-4-16-35-23)32-14-12-31(13-15-32)22-6-3-2-5-21(22)28/h2-11,16,18,24H,12-15,17H2,1H3,(H,29,33)(H,30,34). The largest absolute Gasteiger partial charge is 0.367 e. The number of hydrogen-bond acceptors (Lipinski definition) is 5. The van der Waals surface area contributed by atoms with Gasteiger partial charge in [-0.2, -0.15) is 0 Å². The molecule has 0 saturated carbocycles. The van der Waals surface area contributed by atoms with Gasteiger partial charge in [0, 0.05) is 43.6 Å². The molecule has 6 nitrogen and oxygen atoms in total. The van der Waals surface area contributed by atoms with Crippen LogP contribution in [0.5, 0.6) is 0 Å². The lowest BCUT2D eigenvalue weighted by Crippen LogP contribution is -2.53. The van der Waals surface area contributed by atoms with Crippen molar-refractivity contribution in [2.45, 2.75) is 25.6 Å². The van der Waals surface area contributed by atoms with Gasteiger partial charge in [-0.3, -0.25) is 14.5 Å². The van der Waals surface area contributed by atoms with E-state index < -0.39 is 11.8 Å². The van der Waals surface area contributed by atoms with Gasteiger partial charge in [-0.15, -0.1) is 11.3 Å². The highest BCUT2D eigenvalue weighted by Gasteiger charge is 2.32. The fourth-order valence-electron chi connectivity index (χ4n) is 4.37. The van der Waals surface area contributed by atoms with Gasteiger partial charge >= 0.3 is 11.8 Å². The second-order valence-electron chi connectivity index (χ2n) is 8.51. The third-order valence-corrected chi connectivity index (χ3v) is 7.08. The van der Waals surface area contributed by atoms with E-state index in [1.807, 2.05) is 35.4 Å². The Balaban J connectivity index is 1.37. The molecule has 0 bridgehead atoms. The Morgan fingerprint density at radius 2 is 1.66 bits per heavy atom. The van der Waals surface area contributed by atoms with E-state index in [1.165, 1.54) is 18.2 Å². The minimum absolute atomic E-state index is 0.119. The van der Waals surface area contributed by atoms with Crippen LogP contribution in [0.3, 0.4) is 0 Å². The number of para-hydroxylation sites is 1. The fraction of sp³-hybridized carbons (Fsp3) is 0.308. The molecule has 9 heteroatoms. The van der Waals surface area contributed by atoms with Gasteiger partial charge in [0.25, 0.3) is 0 Å². The summed E-state index contributed by atoms with van der Waals surface area (Å²) in [6.07, 6.45) is 0. The molecular formula is C26H28F2N4O2S. The summed E-state index contributed by atoms with van der Waals surface area (Å²) in [5.74, 6) is -2.05. The molecule has 0 radical (unpaired) electrons. The molecule has 2 amide bonds. The van der Waals surface area contributed by atoms with Crippen LogP contribution in [0.1, 0.15) is 23.4 Å². The van der Waals surface area contributed by atoms with Crippen molar-refractivity contribution in [3.63, 3.8) is 0 Å². The number of nitrogens with zero attached hydrogens (tertiary/aromatic N) is 2. The van der Waals surface area contributed by atoms with Gasteiger partial charge in [-0.05, 0) is 48.2 Å². The molecule has 1 aliphatic heterocycles. The summed E-state index contributed by atoms with van der Waals surface area (Å²) in [4.78, 5) is 30.4. The molecular weight excluding hydrogens is 470 g/mol. The highest BCUT2D eigenvalue weighted by atomic mass is 32.1. The van der Waals surface area contributed by atoms with Crippen molar-refractivity contribution in [3.05, 3.63) is 88.1 Å². The summed E-state index contributed by atoms with van der Waals surface area (Å²) in [5.41, 5.74) is 1.30. The molecule has 2 atom stereocenters. The molecule has 35 heavy (non-hydrogen) atoms. The summed E-state index contributed by atoms with van der Waals surface area (Å²) in [7, 11) is 0. The van der Waals surface area contributed by atoms with Gasteiger partial charge in [-0.25, -0.2) is 8.78 Å². The summed E-state index contributed by atoms with van der Waals surface area (Å²) >= 11 is 1.60. The average molecular weight is 499 g/mol. The Labute approximate surface area is 207 Å². The van der Waals surface area contributed by atoms with Gasteiger partial charge in [0.2, 0.25) is 0 Å². The van der Waals surface area contributed by atoms with E-state index in [4.69, 9.17) is 0 Å². The first kappa shape index (κ1) is 24.8. The zero-order valence-electron chi connectivity index (χ0n) is 19.4. The van der Waals surface area contributed by atoms with Crippen molar-refractivity contribution in [1.29, 1.82) is 0 Å². The van der Waals surface area contributed by atoms with Crippen LogP contribution in [0.15, 0.2) is 66.0 Å². The summed E-state index contributed by atoms with van der Waals surface area (Å²) < 4.78 is 27.3. The van der Waals surface area contributed by atoms with Crippen molar-refractivity contribution < 1.29 is 18.4 Å². The van der Waals surface area contributed by atoms with E-state index in [-0.39, 0.29) is 30.3 Å². The predicted molar refractivity (Wildman–Crippen MR) is 133 cm³/mol. The SMILES string of the molecule is CC(NC(=O)C(=O)NCc1ccc(F)cc1)C(c1cccs1)N1CCN(c2ccccc2F)CC1. The van der Waals surface area contributed by atoms with E-state index in [2.05, 4.69) is 15.5 Å². The second-order valence-corrected chi connectivity index (χ2v) is 9.49. The molecule has 1 saturated heterocycles. The number of benzene rings is 2. The maximum absolute atomic E-state index is 14.2. The zero-order valence-corrected chi connectivity index (χ0v) is 20.2. The molecule has 1 aliphatic rings. The van der Waals surface area contributed by atoms with Crippen molar-refractivity contribution in [2.24, 2.45) is 0 Å². The van der Waals surface area contributed by atoms with Crippen LogP contribution in [0.2, 0.25) is 0 Å². The third-order valence-electron chi connectivity index (χ3n) is 6.14. The highest BCUT2D eigenvalue weighted by molar-refractivity contribution is 7.10. The number of amides is 2. The quantitative estimate of drug-likeness (QED) is 0.488. The lowest BCUT2D eigenvalue weighted by Gasteiger charge is -2.42. The van der Waals surface area contributed by atoms with Crippen LogP contribution in [0.4, 0.5) is 14.5 Å². The normalized spacial score (nSPS) is 15.9. The molecule has 1 aromatic heterocycles. The average Bonchev–Trinajstić information content (AvgIpc) is 3.39. The van der Waals surface area contributed by atoms with E-state index in [0.717, 1.165) is 4.88 Å². The van der Waals surface area contributed by atoms with Gasteiger partial charge in [-0.1, -0.05) is 30.3 Å². The summed E-state index contributed by atoms with van der Waals surface area (Å²) in [6, 6.07) is 16.0. The predicted octanol–water partition coefficient (Wildman–Crippen LogP) is 3.71. The van der Waals surface area contributed by atoms with Gasteiger partial charge in [0.05, 0.1) is 11.7 Å². The van der Waals surface area contributed by atoms with Crippen molar-refractivity contribution in [1.82, 2.24) is 15.5 Å². The van der Waals surface area contributed by atoms with Crippen molar-refractivity contribution >= 4 is 28.8 Å². The number of rotatable bonds is 7. The molecule has 0 aliphatic carbocycles. The number of carbonyl (C=O) groups excluding carboxylic acids is 2. The Bertz CT molecular complexity index is 1130. The second kappa shape index (κ2) is 11.4. The molecule has 2 heterocycles. The van der Waals surface area contributed by atoms with Gasteiger partial charge < -0.3 is 15.5 Å². The first-order valence-corrected chi connectivity index (χ1v) is 12.4. The number of anilines is 1. The number of hydrogen-bond donors (Lipinski definition) is 2. The Hall–Kier alpha value is -3.30. The van der Waals surface area contributed by atoms with Crippen molar-refractivity contribution in [2.75, 3.05) is 31.1 Å². The lowest BCUT2D eigenvalue weighted by molar-refractivity contribution is -0.140. The Morgan fingerprint density at radius 3 is 2.31 bits per heavy atom. The molecule has 2 aromatic carbocycles. The smallest absolute Gasteiger partial charge is 0.309 e. The maximum Gasteiger partial charge on any atom is 0.309 e. The molecule has 3 aromatic rings. The molecule has 0 spiro atoms. The minimum atomic E-state index is -0.740. The minimum Gasteiger partial charge on any atom is -0.367 e. The fourth-order valence-corrected chi connectivity index (χ4v) is 5.33. The van der Waals surface area contributed by atoms with E-state index >= 15 is 0 Å². The maximum atomic E-state index is 14.2. The highest BCUT2D eigenvalue weighted by Crippen LogP contribution is 2.30. The van der Waals surface area contributed by atoms with Gasteiger partial charge in [0.15, 0.2) is 0 Å². The number of halogens is 2. The first-order chi connectivity index (χ1) is 16.9. The zero-order chi connectivity index (χ0) is 24.8. The number of nitrogens with one attached hydrogen (secondary N) is 2. The summed E-state index contributed by atoms with van der Waals surface area (Å²) in [5, 5.41) is 7.41. The van der Waals surface area contributed by atoms with Crippen LogP contribution in [0.25, 0.3) is 0 Å². The first-order valence-electron chi connectivity index (χ1n) is 11.5. The van der Waals surface area contributed by atoms with Crippen LogP contribution in [0, 0.1) is 11.6 Å². The number of piperazine rings is 1. The van der Waals surface area contributed by atoms with E-state index in [0.29, 0.717) is 37.4 Å². The topological polar surface area (TPSA) is 64.7 Å². The van der Waals surface area contributed by atoms with E-state index in [9.17, 15) is 18.4 Å². The Morgan fingerprint density at radius 1 is 0.943 bits per heavy atom. The molecule has 4 rings (SSSR count). The third kappa shape index (κ3) is 6.23. The van der Waals surface area contributed by atoms with Crippen LogP contribution >= 0.6 is 11.3 Å². The molecule has 2 unspecified atom stereocenters. The van der Waals surface area contributed by atoms with E-state index in [1.54, 1.807) is 35.6 Å². The molecule has 1 fully saturated rings. The monoisotopic (exact) mass is 498 g/mol. The summed E-state index contributed by atoms with van der Waals surface area (Å²) in [6.45, 7) is 4.71. The van der Waals surface area contributed by atoms with Gasteiger partial charge in [0.1, 0.15) is 11.6 Å².